The van der Waals surface area contributed by atoms with Gasteiger partial charge in [-0.15, -0.1) is 0 Å². The predicted molar refractivity (Wildman–Crippen MR) is 166 cm³/mol. The molecule has 4 aromatic rings. The number of nitrogens with zero attached hydrogens (tertiary/aromatic N) is 2. The van der Waals surface area contributed by atoms with Crippen LogP contribution in [0.5, 0.6) is 11.5 Å². The first-order valence-corrected chi connectivity index (χ1v) is 13.5. The van der Waals surface area contributed by atoms with Crippen LogP contribution in [-0.4, -0.2) is 35.5 Å². The second kappa shape index (κ2) is 14.9. The summed E-state index contributed by atoms with van der Waals surface area (Å²) in [5.41, 5.74) is 4.48. The number of nitro benzene ring substituents is 1. The van der Waals surface area contributed by atoms with Crippen molar-refractivity contribution in [2.45, 2.75) is 6.92 Å². The summed E-state index contributed by atoms with van der Waals surface area (Å²) in [6.45, 7) is 2.07. The summed E-state index contributed by atoms with van der Waals surface area (Å²) in [6, 6.07) is 23.4. The predicted octanol–water partition coefficient (Wildman–Crippen LogP) is 6.28. The average molecular weight is 613 g/mol. The van der Waals surface area contributed by atoms with Crippen molar-refractivity contribution in [2.24, 2.45) is 5.10 Å². The highest BCUT2D eigenvalue weighted by atomic mass is 35.5. The summed E-state index contributed by atoms with van der Waals surface area (Å²) in [4.78, 5) is 47.9. The number of esters is 1. The highest BCUT2D eigenvalue weighted by molar-refractivity contribution is 6.34. The van der Waals surface area contributed by atoms with Crippen LogP contribution in [0.15, 0.2) is 102 Å². The Morgan fingerprint density at radius 1 is 0.909 bits per heavy atom. The zero-order valence-electron chi connectivity index (χ0n) is 23.2. The van der Waals surface area contributed by atoms with Crippen LogP contribution in [0, 0.1) is 10.1 Å². The Balaban J connectivity index is 1.36. The van der Waals surface area contributed by atoms with E-state index >= 15 is 0 Å². The van der Waals surface area contributed by atoms with Gasteiger partial charge in [-0.05, 0) is 84.8 Å². The Morgan fingerprint density at radius 2 is 1.66 bits per heavy atom. The van der Waals surface area contributed by atoms with E-state index in [0.29, 0.717) is 34.0 Å². The first-order chi connectivity index (χ1) is 21.2. The summed E-state index contributed by atoms with van der Waals surface area (Å²) in [5.74, 6) is -1.15. The number of nitro groups is 1. The molecule has 0 saturated heterocycles. The maximum atomic E-state index is 12.7. The number of halogens is 1. The van der Waals surface area contributed by atoms with Gasteiger partial charge < -0.3 is 14.8 Å². The number of anilines is 1. The maximum Gasteiger partial charge on any atom is 0.336 e. The highest BCUT2D eigenvalue weighted by Gasteiger charge is 2.13. The van der Waals surface area contributed by atoms with Crippen molar-refractivity contribution in [1.29, 1.82) is 0 Å². The number of hydrazone groups is 1. The van der Waals surface area contributed by atoms with Crippen molar-refractivity contribution in [3.05, 3.63) is 134 Å². The molecule has 0 aliphatic heterocycles. The number of amides is 2. The fourth-order valence-electron chi connectivity index (χ4n) is 3.78. The van der Waals surface area contributed by atoms with Crippen LogP contribution < -0.4 is 20.2 Å². The number of non-ortho nitro benzene ring substituents is 1. The lowest BCUT2D eigenvalue weighted by molar-refractivity contribution is -0.384. The van der Waals surface area contributed by atoms with Gasteiger partial charge in [0.1, 0.15) is 0 Å². The molecule has 0 atom stereocenters. The molecule has 222 valence electrons. The number of hydrogen-bond donors (Lipinski definition) is 2. The minimum absolute atomic E-state index is 0.0564. The van der Waals surface area contributed by atoms with Gasteiger partial charge >= 0.3 is 5.97 Å². The van der Waals surface area contributed by atoms with Crippen molar-refractivity contribution >= 4 is 53.0 Å². The van der Waals surface area contributed by atoms with E-state index in [0.717, 1.165) is 0 Å². The molecule has 2 N–H and O–H groups in total. The van der Waals surface area contributed by atoms with Crippen LogP contribution in [-0.2, 0) is 4.79 Å². The molecule has 44 heavy (non-hydrogen) atoms. The number of nitrogens with one attached hydrogen (secondary N) is 2. The van der Waals surface area contributed by atoms with E-state index in [1.807, 2.05) is 0 Å². The molecule has 11 nitrogen and oxygen atoms in total. The van der Waals surface area contributed by atoms with Crippen LogP contribution in [0.3, 0.4) is 0 Å². The summed E-state index contributed by atoms with van der Waals surface area (Å²) in [6.07, 6.45) is 4.06. The van der Waals surface area contributed by atoms with Gasteiger partial charge in [-0.3, -0.25) is 19.7 Å². The van der Waals surface area contributed by atoms with Crippen molar-refractivity contribution < 1.29 is 28.8 Å². The van der Waals surface area contributed by atoms with Crippen LogP contribution >= 0.6 is 11.6 Å². The summed E-state index contributed by atoms with van der Waals surface area (Å²) in [7, 11) is 0. The second-order valence-electron chi connectivity index (χ2n) is 8.96. The maximum absolute atomic E-state index is 12.7. The van der Waals surface area contributed by atoms with Crippen LogP contribution in [0.25, 0.3) is 6.08 Å². The Kier molecular flexibility index (Phi) is 10.5. The van der Waals surface area contributed by atoms with Gasteiger partial charge in [-0.1, -0.05) is 29.8 Å². The van der Waals surface area contributed by atoms with Crippen LogP contribution in [0.4, 0.5) is 11.4 Å². The molecule has 0 unspecified atom stereocenters. The van der Waals surface area contributed by atoms with E-state index in [4.69, 9.17) is 21.1 Å². The van der Waals surface area contributed by atoms with E-state index in [1.165, 1.54) is 54.8 Å². The molecule has 0 heterocycles. The number of benzene rings is 4. The molecule has 2 amide bonds. The van der Waals surface area contributed by atoms with Crippen molar-refractivity contribution in [1.82, 2.24) is 5.43 Å². The molecule has 0 radical (unpaired) electrons. The first kappa shape index (κ1) is 31.1. The van der Waals surface area contributed by atoms with Crippen LogP contribution in [0.1, 0.15) is 38.8 Å². The largest absolute Gasteiger partial charge is 0.490 e. The third-order valence-electron chi connectivity index (χ3n) is 5.87. The van der Waals surface area contributed by atoms with Gasteiger partial charge in [0.2, 0.25) is 0 Å². The van der Waals surface area contributed by atoms with Gasteiger partial charge in [0.15, 0.2) is 11.5 Å². The second-order valence-corrected chi connectivity index (χ2v) is 9.36. The minimum Gasteiger partial charge on any atom is -0.490 e. The van der Waals surface area contributed by atoms with Gasteiger partial charge in [-0.25, -0.2) is 10.2 Å². The molecule has 0 aliphatic carbocycles. The van der Waals surface area contributed by atoms with Gasteiger partial charge in [0.05, 0.1) is 28.3 Å². The lowest BCUT2D eigenvalue weighted by atomic mass is 10.1. The van der Waals surface area contributed by atoms with E-state index < -0.39 is 22.7 Å². The zero-order chi connectivity index (χ0) is 31.5. The van der Waals surface area contributed by atoms with Crippen LogP contribution in [0.2, 0.25) is 5.02 Å². The topological polar surface area (TPSA) is 149 Å². The SMILES string of the molecule is CCOc1cc(C=NNC(=O)c2cccc(NC(=O)c3ccccc3Cl)c2)ccc1OC(=O)/C=C/c1ccc([N+](=O)[O-])cc1. The number of rotatable bonds is 11. The lowest BCUT2D eigenvalue weighted by Crippen LogP contribution is -2.18. The molecular formula is C32H25ClN4O7. The summed E-state index contributed by atoms with van der Waals surface area (Å²) in [5, 5.41) is 17.8. The summed E-state index contributed by atoms with van der Waals surface area (Å²) >= 11 is 6.09. The number of carbonyl (C=O) groups is 3. The quantitative estimate of drug-likeness (QED) is 0.0505. The minimum atomic E-state index is -0.678. The summed E-state index contributed by atoms with van der Waals surface area (Å²) < 4.78 is 11.0. The van der Waals surface area contributed by atoms with Gasteiger partial charge in [0, 0.05) is 29.5 Å². The molecule has 0 saturated carbocycles. The van der Waals surface area contributed by atoms with Gasteiger partial charge in [-0.2, -0.15) is 5.10 Å². The van der Waals surface area contributed by atoms with Crippen molar-refractivity contribution in [3.63, 3.8) is 0 Å². The van der Waals surface area contributed by atoms with E-state index in [2.05, 4.69) is 15.8 Å². The molecule has 0 fully saturated rings. The van der Waals surface area contributed by atoms with Crippen molar-refractivity contribution in [2.75, 3.05) is 11.9 Å². The lowest BCUT2D eigenvalue weighted by Gasteiger charge is -2.10. The fraction of sp³-hybridized carbons (Fsp3) is 0.0625. The molecular weight excluding hydrogens is 588 g/mol. The Morgan fingerprint density at radius 3 is 2.39 bits per heavy atom. The Hall–Kier alpha value is -5.81. The molecule has 12 heteroatoms. The molecule has 0 bridgehead atoms. The Bertz CT molecular complexity index is 1750. The smallest absolute Gasteiger partial charge is 0.336 e. The fourth-order valence-corrected chi connectivity index (χ4v) is 4.00. The number of hydrogen-bond acceptors (Lipinski definition) is 8. The van der Waals surface area contributed by atoms with Gasteiger partial charge in [0.25, 0.3) is 17.5 Å². The third-order valence-corrected chi connectivity index (χ3v) is 6.20. The standard InChI is InChI=1S/C32H25ClN4O7/c1-2-43-29-18-22(12-16-28(29)44-30(38)17-13-21-10-14-25(15-11-21)37(41)42)20-34-36-31(39)23-6-5-7-24(19-23)35-32(40)26-8-3-4-9-27(26)33/h3-20H,2H2,1H3,(H,35,40)(H,36,39)/b17-13+,34-20?. The molecule has 4 rings (SSSR count). The van der Waals surface area contributed by atoms with E-state index in [1.54, 1.807) is 61.5 Å². The third kappa shape index (κ3) is 8.60. The monoisotopic (exact) mass is 612 g/mol. The normalized spacial score (nSPS) is 10.9. The number of carbonyl (C=O) groups excluding carboxylic acids is 3. The van der Waals surface area contributed by atoms with E-state index in [9.17, 15) is 24.5 Å². The average Bonchev–Trinajstić information content (AvgIpc) is 3.02. The Labute approximate surface area is 256 Å². The molecule has 4 aromatic carbocycles. The molecule has 0 aromatic heterocycles. The highest BCUT2D eigenvalue weighted by Crippen LogP contribution is 2.28. The molecule has 0 spiro atoms. The molecule has 0 aliphatic rings. The van der Waals surface area contributed by atoms with Crippen molar-refractivity contribution in [3.8, 4) is 11.5 Å². The van der Waals surface area contributed by atoms with E-state index in [-0.39, 0.29) is 22.7 Å². The first-order valence-electron chi connectivity index (χ1n) is 13.1. The number of ether oxygens (including phenoxy) is 2. The zero-order valence-corrected chi connectivity index (χ0v) is 24.0.